The maximum absolute atomic E-state index is 13.6. The normalized spacial score (nSPS) is 15.1. The van der Waals surface area contributed by atoms with Gasteiger partial charge in [0, 0.05) is 31.7 Å². The van der Waals surface area contributed by atoms with Crippen molar-refractivity contribution >= 4 is 22.9 Å². The molecule has 3 aromatic rings. The largest absolute Gasteiger partial charge is 0.454 e. The van der Waals surface area contributed by atoms with Crippen LogP contribution in [0.25, 0.3) is 11.0 Å². The quantitative estimate of drug-likeness (QED) is 0.256. The molecule has 8 heteroatoms. The average Bonchev–Trinajstić information content (AvgIpc) is 3.60. The van der Waals surface area contributed by atoms with Crippen molar-refractivity contribution in [2.75, 3.05) is 44.8 Å². The van der Waals surface area contributed by atoms with Crippen LogP contribution in [0.5, 0.6) is 11.5 Å². The number of carbonyl (C=O) groups is 1. The number of hydrogen-bond donors (Lipinski definition) is 1. The van der Waals surface area contributed by atoms with Crippen molar-refractivity contribution in [3.05, 3.63) is 47.5 Å². The van der Waals surface area contributed by atoms with Gasteiger partial charge in [-0.05, 0) is 87.6 Å². The number of imidazole rings is 1. The Labute approximate surface area is 238 Å². The van der Waals surface area contributed by atoms with E-state index in [1.165, 1.54) is 32.4 Å². The van der Waals surface area contributed by atoms with E-state index < -0.39 is 0 Å². The maximum atomic E-state index is 13.6. The van der Waals surface area contributed by atoms with E-state index in [0.717, 1.165) is 97.9 Å². The number of benzene rings is 2. The van der Waals surface area contributed by atoms with E-state index in [4.69, 9.17) is 14.5 Å². The fourth-order valence-electron chi connectivity index (χ4n) is 5.68. The summed E-state index contributed by atoms with van der Waals surface area (Å²) in [4.78, 5) is 23.2. The van der Waals surface area contributed by atoms with E-state index >= 15 is 0 Å². The first-order valence-electron chi connectivity index (χ1n) is 15.3. The predicted molar refractivity (Wildman–Crippen MR) is 160 cm³/mol. The van der Waals surface area contributed by atoms with E-state index in [-0.39, 0.29) is 12.7 Å². The Hall–Kier alpha value is -3.26. The molecule has 2 aliphatic rings. The Morgan fingerprint density at radius 1 is 0.925 bits per heavy atom. The minimum Gasteiger partial charge on any atom is -0.454 e. The Morgan fingerprint density at radius 3 is 2.48 bits per heavy atom. The summed E-state index contributed by atoms with van der Waals surface area (Å²) in [7, 11) is 0. The topological polar surface area (TPSA) is 71.9 Å². The zero-order valence-electron chi connectivity index (χ0n) is 24.3. The van der Waals surface area contributed by atoms with Gasteiger partial charge in [0.25, 0.3) is 5.91 Å². The van der Waals surface area contributed by atoms with Crippen LogP contribution in [0.15, 0.2) is 36.4 Å². The fourth-order valence-corrected chi connectivity index (χ4v) is 5.68. The summed E-state index contributed by atoms with van der Waals surface area (Å²) in [6.45, 7) is 11.2. The number of rotatable bonds is 14. The highest BCUT2D eigenvalue weighted by atomic mass is 16.7. The number of aromatic nitrogens is 2. The molecule has 0 bridgehead atoms. The first-order chi connectivity index (χ1) is 19.7. The molecule has 0 atom stereocenters. The molecule has 0 spiro atoms. The van der Waals surface area contributed by atoms with Gasteiger partial charge in [0.1, 0.15) is 0 Å². The summed E-state index contributed by atoms with van der Waals surface area (Å²) in [5, 5.41) is 3.57. The lowest BCUT2D eigenvalue weighted by atomic mass is 10.1. The molecular weight excluding hydrogens is 502 g/mol. The summed E-state index contributed by atoms with van der Waals surface area (Å²) in [6, 6.07) is 12.1. The average molecular weight is 548 g/mol. The molecule has 1 saturated heterocycles. The summed E-state index contributed by atoms with van der Waals surface area (Å²) in [6.07, 6.45) is 9.21. The number of aryl methyl sites for hydroxylation is 1. The summed E-state index contributed by atoms with van der Waals surface area (Å²) < 4.78 is 13.3. The van der Waals surface area contributed by atoms with Crippen LogP contribution in [0, 0.1) is 0 Å². The molecule has 2 aromatic carbocycles. The SMILES string of the molecule is CCCCN(CCCC)C(=O)c1ccc2nc(NCc3ccc4c(c3)OCO4)n(CCCN3CCCCC3)c2c1. The Morgan fingerprint density at radius 2 is 1.70 bits per heavy atom. The zero-order chi connectivity index (χ0) is 27.7. The van der Waals surface area contributed by atoms with E-state index in [0.29, 0.717) is 6.54 Å². The number of hydrogen-bond acceptors (Lipinski definition) is 6. The number of likely N-dealkylation sites (tertiary alicyclic amines) is 1. The molecule has 0 saturated carbocycles. The predicted octanol–water partition coefficient (Wildman–Crippen LogP) is 6.30. The highest BCUT2D eigenvalue weighted by Crippen LogP contribution is 2.33. The number of amides is 1. The summed E-state index contributed by atoms with van der Waals surface area (Å²) >= 11 is 0. The summed E-state index contributed by atoms with van der Waals surface area (Å²) in [5.41, 5.74) is 3.79. The first kappa shape index (κ1) is 28.3. The number of fused-ring (bicyclic) bond motifs is 2. The molecule has 3 heterocycles. The van der Waals surface area contributed by atoms with Gasteiger partial charge in [-0.15, -0.1) is 0 Å². The number of ether oxygens (including phenoxy) is 2. The van der Waals surface area contributed by atoms with Gasteiger partial charge in [-0.3, -0.25) is 4.79 Å². The molecule has 1 fully saturated rings. The van der Waals surface area contributed by atoms with Gasteiger partial charge in [0.2, 0.25) is 12.7 Å². The Bertz CT molecular complexity index is 1260. The zero-order valence-corrected chi connectivity index (χ0v) is 24.3. The lowest BCUT2D eigenvalue weighted by Crippen LogP contribution is -2.33. The molecule has 0 unspecified atom stereocenters. The number of nitrogens with one attached hydrogen (secondary N) is 1. The van der Waals surface area contributed by atoms with Crippen LogP contribution in [0.2, 0.25) is 0 Å². The third-order valence-electron chi connectivity index (χ3n) is 8.04. The van der Waals surface area contributed by atoms with Crippen molar-refractivity contribution in [2.24, 2.45) is 0 Å². The monoisotopic (exact) mass is 547 g/mol. The number of carbonyl (C=O) groups excluding carboxylic acids is 1. The van der Waals surface area contributed by atoms with Gasteiger partial charge in [0.15, 0.2) is 11.5 Å². The van der Waals surface area contributed by atoms with Crippen molar-refractivity contribution < 1.29 is 14.3 Å². The van der Waals surface area contributed by atoms with Crippen molar-refractivity contribution in [3.8, 4) is 11.5 Å². The second kappa shape index (κ2) is 13.9. The van der Waals surface area contributed by atoms with E-state index in [1.807, 2.05) is 29.2 Å². The summed E-state index contributed by atoms with van der Waals surface area (Å²) in [5.74, 6) is 2.54. The maximum Gasteiger partial charge on any atom is 0.253 e. The van der Waals surface area contributed by atoms with Crippen LogP contribution in [0.1, 0.15) is 81.1 Å². The highest BCUT2D eigenvalue weighted by Gasteiger charge is 2.19. The number of anilines is 1. The van der Waals surface area contributed by atoms with Crippen molar-refractivity contribution in [1.82, 2.24) is 19.4 Å². The molecule has 1 amide bonds. The molecule has 216 valence electrons. The van der Waals surface area contributed by atoms with Gasteiger partial charge in [-0.2, -0.15) is 0 Å². The molecular formula is C32H45N5O3. The lowest BCUT2D eigenvalue weighted by molar-refractivity contribution is 0.0751. The minimum atomic E-state index is 0.125. The van der Waals surface area contributed by atoms with Crippen LogP contribution in [-0.2, 0) is 13.1 Å². The van der Waals surface area contributed by atoms with Gasteiger partial charge in [-0.25, -0.2) is 4.98 Å². The van der Waals surface area contributed by atoms with Crippen LogP contribution in [-0.4, -0.2) is 64.8 Å². The third kappa shape index (κ3) is 6.89. The van der Waals surface area contributed by atoms with E-state index in [9.17, 15) is 4.79 Å². The van der Waals surface area contributed by atoms with Crippen molar-refractivity contribution in [2.45, 2.75) is 78.3 Å². The Kier molecular flexibility index (Phi) is 9.81. The van der Waals surface area contributed by atoms with E-state index in [1.54, 1.807) is 0 Å². The third-order valence-corrected chi connectivity index (χ3v) is 8.04. The van der Waals surface area contributed by atoms with E-state index in [2.05, 4.69) is 40.8 Å². The molecule has 0 aliphatic carbocycles. The Balaban J connectivity index is 1.37. The smallest absolute Gasteiger partial charge is 0.253 e. The van der Waals surface area contributed by atoms with Crippen LogP contribution < -0.4 is 14.8 Å². The van der Waals surface area contributed by atoms with Gasteiger partial charge < -0.3 is 29.2 Å². The number of piperidine rings is 1. The van der Waals surface area contributed by atoms with Crippen LogP contribution >= 0.6 is 0 Å². The van der Waals surface area contributed by atoms with Crippen molar-refractivity contribution in [1.29, 1.82) is 0 Å². The standard InChI is InChI=1S/C32H45N5O3/c1-3-5-18-36(19-6-4-2)31(38)26-12-13-27-28(22-26)37(20-10-17-35-15-8-7-9-16-35)32(34-27)33-23-25-11-14-29-30(21-25)40-24-39-29/h11-14,21-22H,3-10,15-20,23-24H2,1-2H3,(H,33,34). The molecule has 1 N–H and O–H groups in total. The molecule has 5 rings (SSSR count). The molecule has 0 radical (unpaired) electrons. The van der Waals surface area contributed by atoms with Gasteiger partial charge >= 0.3 is 0 Å². The van der Waals surface area contributed by atoms with Crippen LogP contribution in [0.3, 0.4) is 0 Å². The van der Waals surface area contributed by atoms with Crippen LogP contribution in [0.4, 0.5) is 5.95 Å². The van der Waals surface area contributed by atoms with Gasteiger partial charge in [-0.1, -0.05) is 39.2 Å². The van der Waals surface area contributed by atoms with Gasteiger partial charge in [0.05, 0.1) is 11.0 Å². The second-order valence-corrected chi connectivity index (χ2v) is 11.1. The van der Waals surface area contributed by atoms with Crippen molar-refractivity contribution in [3.63, 3.8) is 0 Å². The highest BCUT2D eigenvalue weighted by molar-refractivity contribution is 5.97. The first-order valence-corrected chi connectivity index (χ1v) is 15.3. The second-order valence-electron chi connectivity index (χ2n) is 11.1. The molecule has 8 nitrogen and oxygen atoms in total. The molecule has 1 aromatic heterocycles. The minimum absolute atomic E-state index is 0.125. The molecule has 40 heavy (non-hydrogen) atoms. The fraction of sp³-hybridized carbons (Fsp3) is 0.562. The number of unbranched alkanes of at least 4 members (excludes halogenated alkanes) is 2. The molecule has 2 aliphatic heterocycles. The lowest BCUT2D eigenvalue weighted by Gasteiger charge is -2.26. The number of nitrogens with zero attached hydrogens (tertiary/aromatic N) is 4.